The van der Waals surface area contributed by atoms with Crippen LogP contribution in [-0.2, 0) is 4.79 Å². The maximum Gasteiger partial charge on any atom is 0.241 e. The largest absolute Gasteiger partial charge is 0.324 e. The molecule has 0 aliphatic carbocycles. The van der Waals surface area contributed by atoms with Crippen LogP contribution in [-0.4, -0.2) is 16.9 Å². The van der Waals surface area contributed by atoms with Gasteiger partial charge in [-0.15, -0.1) is 0 Å². The Morgan fingerprint density at radius 2 is 2.00 bits per heavy atom. The van der Waals surface area contributed by atoms with E-state index in [1.54, 1.807) is 6.20 Å². The van der Waals surface area contributed by atoms with Gasteiger partial charge in [-0.25, -0.2) is 0 Å². The maximum atomic E-state index is 12.2. The van der Waals surface area contributed by atoms with E-state index < -0.39 is 6.04 Å². The number of hydrogen-bond donors (Lipinski definition) is 2. The minimum absolute atomic E-state index is 0.175. The summed E-state index contributed by atoms with van der Waals surface area (Å²) < 4.78 is 0. The number of nitrogens with one attached hydrogen (secondary N) is 1. The molecule has 20 heavy (non-hydrogen) atoms. The minimum Gasteiger partial charge on any atom is -0.324 e. The van der Waals surface area contributed by atoms with Crippen molar-refractivity contribution in [3.63, 3.8) is 0 Å². The van der Waals surface area contributed by atoms with Crippen molar-refractivity contribution in [3.8, 4) is 0 Å². The number of aryl methyl sites for hydroxylation is 1. The first-order valence-electron chi connectivity index (χ1n) is 6.71. The number of fused-ring (bicyclic) bond motifs is 1. The summed E-state index contributed by atoms with van der Waals surface area (Å²) in [6.45, 7) is 7.85. The van der Waals surface area contributed by atoms with Crippen molar-refractivity contribution < 1.29 is 4.79 Å². The molecule has 106 valence electrons. The Hall–Kier alpha value is -1.94. The number of rotatable bonds is 2. The van der Waals surface area contributed by atoms with Crippen LogP contribution in [0.4, 0.5) is 5.69 Å². The molecule has 0 unspecified atom stereocenters. The predicted octanol–water partition coefficient (Wildman–Crippen LogP) is 2.86. The first kappa shape index (κ1) is 14.5. The molecule has 1 heterocycles. The Morgan fingerprint density at radius 1 is 1.30 bits per heavy atom. The highest BCUT2D eigenvalue weighted by atomic mass is 16.2. The zero-order chi connectivity index (χ0) is 14.9. The monoisotopic (exact) mass is 271 g/mol. The lowest BCUT2D eigenvalue weighted by molar-refractivity contribution is -0.119. The molecule has 0 radical (unpaired) electrons. The molecule has 0 aliphatic heterocycles. The number of hydrogen-bond acceptors (Lipinski definition) is 3. The van der Waals surface area contributed by atoms with E-state index >= 15 is 0 Å². The van der Waals surface area contributed by atoms with Crippen LogP contribution in [0.25, 0.3) is 10.9 Å². The number of pyridine rings is 1. The molecule has 0 aliphatic rings. The van der Waals surface area contributed by atoms with E-state index in [0.29, 0.717) is 0 Å². The van der Waals surface area contributed by atoms with Gasteiger partial charge in [0.05, 0.1) is 17.2 Å². The molecule has 2 aromatic rings. The molecular formula is C16H21N3O. The van der Waals surface area contributed by atoms with E-state index in [1.165, 1.54) is 0 Å². The molecule has 1 aromatic heterocycles. The van der Waals surface area contributed by atoms with Crippen molar-refractivity contribution in [2.45, 2.75) is 33.7 Å². The third kappa shape index (κ3) is 2.80. The van der Waals surface area contributed by atoms with Crippen LogP contribution < -0.4 is 11.1 Å². The van der Waals surface area contributed by atoms with Gasteiger partial charge in [0.2, 0.25) is 5.91 Å². The van der Waals surface area contributed by atoms with E-state index in [-0.39, 0.29) is 11.3 Å². The van der Waals surface area contributed by atoms with Crippen LogP contribution in [0.1, 0.15) is 26.3 Å². The normalized spacial score (nSPS) is 13.2. The van der Waals surface area contributed by atoms with Gasteiger partial charge in [-0.1, -0.05) is 26.8 Å². The number of carbonyl (C=O) groups excluding carboxylic acids is 1. The van der Waals surface area contributed by atoms with E-state index in [1.807, 2.05) is 52.0 Å². The van der Waals surface area contributed by atoms with Crippen LogP contribution in [0.15, 0.2) is 30.5 Å². The van der Waals surface area contributed by atoms with Crippen LogP contribution in [0.3, 0.4) is 0 Å². The van der Waals surface area contributed by atoms with Crippen LogP contribution in [0.5, 0.6) is 0 Å². The highest BCUT2D eigenvalue weighted by molar-refractivity contribution is 6.03. The zero-order valence-electron chi connectivity index (χ0n) is 12.4. The first-order valence-corrected chi connectivity index (χ1v) is 6.71. The summed E-state index contributed by atoms with van der Waals surface area (Å²) in [5.41, 5.74) is 8.45. The summed E-state index contributed by atoms with van der Waals surface area (Å²) in [5.74, 6) is -0.175. The fourth-order valence-electron chi connectivity index (χ4n) is 2.03. The Kier molecular flexibility index (Phi) is 3.77. The molecule has 4 heteroatoms. The molecule has 1 amide bonds. The third-order valence-electron chi connectivity index (χ3n) is 3.44. The highest BCUT2D eigenvalue weighted by Gasteiger charge is 2.27. The molecule has 0 fully saturated rings. The van der Waals surface area contributed by atoms with Gasteiger partial charge in [0.25, 0.3) is 0 Å². The van der Waals surface area contributed by atoms with E-state index in [2.05, 4.69) is 10.3 Å². The summed E-state index contributed by atoms with van der Waals surface area (Å²) in [5, 5.41) is 3.85. The summed E-state index contributed by atoms with van der Waals surface area (Å²) in [6, 6.07) is 7.10. The average molecular weight is 271 g/mol. The quantitative estimate of drug-likeness (QED) is 0.882. The molecule has 0 bridgehead atoms. The topological polar surface area (TPSA) is 68.0 Å². The second kappa shape index (κ2) is 5.21. The SMILES string of the molecule is Cc1ccc(NC(=O)[C@H](N)C(C)(C)C)c2cccnc12. The molecule has 0 saturated heterocycles. The molecule has 3 N–H and O–H groups in total. The standard InChI is InChI=1S/C16H21N3O/c1-10-7-8-12(11-6-5-9-18-13(10)11)19-15(20)14(17)16(2,3)4/h5-9,14H,17H2,1-4H3,(H,19,20)/t14-/m0/s1. The van der Waals surface area contributed by atoms with Gasteiger partial charge < -0.3 is 11.1 Å². The number of nitrogens with two attached hydrogens (primary N) is 1. The van der Waals surface area contributed by atoms with Gasteiger partial charge in [0.15, 0.2) is 0 Å². The molecular weight excluding hydrogens is 250 g/mol. The second-order valence-electron chi connectivity index (χ2n) is 6.16. The number of carbonyl (C=O) groups is 1. The zero-order valence-corrected chi connectivity index (χ0v) is 12.4. The van der Waals surface area contributed by atoms with E-state index in [4.69, 9.17) is 5.73 Å². The number of aromatic nitrogens is 1. The predicted molar refractivity (Wildman–Crippen MR) is 82.5 cm³/mol. The number of anilines is 1. The Labute approximate surface area is 119 Å². The van der Waals surface area contributed by atoms with Crippen molar-refractivity contribution in [1.29, 1.82) is 0 Å². The lowest BCUT2D eigenvalue weighted by atomic mass is 9.87. The van der Waals surface area contributed by atoms with Crippen molar-refractivity contribution >= 4 is 22.5 Å². The number of amides is 1. The lowest BCUT2D eigenvalue weighted by Gasteiger charge is -2.26. The van der Waals surface area contributed by atoms with Gasteiger partial charge in [-0.2, -0.15) is 0 Å². The summed E-state index contributed by atoms with van der Waals surface area (Å²) in [7, 11) is 0. The smallest absolute Gasteiger partial charge is 0.241 e. The van der Waals surface area contributed by atoms with Crippen molar-refractivity contribution in [1.82, 2.24) is 4.98 Å². The van der Waals surface area contributed by atoms with Gasteiger partial charge in [-0.3, -0.25) is 9.78 Å². The Morgan fingerprint density at radius 3 is 2.65 bits per heavy atom. The molecule has 4 nitrogen and oxygen atoms in total. The van der Waals surface area contributed by atoms with Crippen molar-refractivity contribution in [2.24, 2.45) is 11.1 Å². The third-order valence-corrected chi connectivity index (χ3v) is 3.44. The molecule has 1 aromatic carbocycles. The summed E-state index contributed by atoms with van der Waals surface area (Å²) in [6.07, 6.45) is 1.75. The summed E-state index contributed by atoms with van der Waals surface area (Å²) >= 11 is 0. The molecule has 2 rings (SSSR count). The van der Waals surface area contributed by atoms with Gasteiger partial charge in [0.1, 0.15) is 0 Å². The molecule has 0 spiro atoms. The Bertz CT molecular complexity index is 644. The molecule has 1 atom stereocenters. The van der Waals surface area contributed by atoms with E-state index in [0.717, 1.165) is 22.2 Å². The minimum atomic E-state index is -0.560. The molecule has 0 saturated carbocycles. The number of benzene rings is 1. The summed E-state index contributed by atoms with van der Waals surface area (Å²) in [4.78, 5) is 16.6. The highest BCUT2D eigenvalue weighted by Crippen LogP contribution is 2.26. The van der Waals surface area contributed by atoms with Gasteiger partial charge in [-0.05, 0) is 36.1 Å². The lowest BCUT2D eigenvalue weighted by Crippen LogP contribution is -2.45. The van der Waals surface area contributed by atoms with Crippen molar-refractivity contribution in [2.75, 3.05) is 5.32 Å². The first-order chi connectivity index (χ1) is 9.30. The van der Waals surface area contributed by atoms with Crippen LogP contribution in [0.2, 0.25) is 0 Å². The number of nitrogens with zero attached hydrogens (tertiary/aromatic N) is 1. The maximum absolute atomic E-state index is 12.2. The van der Waals surface area contributed by atoms with Crippen LogP contribution >= 0.6 is 0 Å². The van der Waals surface area contributed by atoms with Gasteiger partial charge in [0, 0.05) is 11.6 Å². The average Bonchev–Trinajstić information content (AvgIpc) is 2.40. The fourth-order valence-corrected chi connectivity index (χ4v) is 2.03. The fraction of sp³-hybridized carbons (Fsp3) is 0.375. The van der Waals surface area contributed by atoms with E-state index in [9.17, 15) is 4.79 Å². The van der Waals surface area contributed by atoms with Crippen molar-refractivity contribution in [3.05, 3.63) is 36.0 Å². The van der Waals surface area contributed by atoms with Crippen LogP contribution in [0, 0.1) is 12.3 Å². The van der Waals surface area contributed by atoms with Gasteiger partial charge >= 0.3 is 0 Å². The second-order valence-corrected chi connectivity index (χ2v) is 6.16. The Balaban J connectivity index is 2.36.